The second kappa shape index (κ2) is 6.88. The van der Waals surface area contributed by atoms with Crippen molar-refractivity contribution in [2.45, 2.75) is 20.1 Å². The molecule has 0 N–H and O–H groups in total. The third-order valence-corrected chi connectivity index (χ3v) is 5.83. The Morgan fingerprint density at radius 2 is 2.38 bits per heavy atom. The summed E-state index contributed by atoms with van der Waals surface area (Å²) < 4.78 is 11.8. The highest BCUT2D eigenvalue weighted by molar-refractivity contribution is 7.09. The number of ether oxygens (including phenoxy) is 2. The fourth-order valence-electron chi connectivity index (χ4n) is 3.82. The number of pyridine rings is 1. The molecule has 5 nitrogen and oxygen atoms in total. The molecule has 2 saturated heterocycles. The van der Waals surface area contributed by atoms with E-state index in [0.717, 1.165) is 55.9 Å². The molecule has 24 heavy (non-hydrogen) atoms. The van der Waals surface area contributed by atoms with Crippen molar-refractivity contribution >= 4 is 11.3 Å². The van der Waals surface area contributed by atoms with Crippen LogP contribution in [0.15, 0.2) is 29.8 Å². The van der Waals surface area contributed by atoms with Gasteiger partial charge in [-0.2, -0.15) is 0 Å². The Morgan fingerprint density at radius 3 is 3.17 bits per heavy atom. The lowest BCUT2D eigenvalue weighted by Gasteiger charge is -2.27. The maximum Gasteiger partial charge on any atom is 0.0898 e. The summed E-state index contributed by atoms with van der Waals surface area (Å²) in [7, 11) is 0. The molecule has 0 amide bonds. The molecule has 128 valence electrons. The van der Waals surface area contributed by atoms with E-state index in [4.69, 9.17) is 9.47 Å². The fraction of sp³-hybridized carbons (Fsp3) is 0.556. The van der Waals surface area contributed by atoms with Crippen LogP contribution in [0.4, 0.5) is 0 Å². The summed E-state index contributed by atoms with van der Waals surface area (Å²) in [6.07, 6.45) is 1.87. The lowest BCUT2D eigenvalue weighted by Crippen LogP contribution is -2.35. The number of hydrogen-bond acceptors (Lipinski definition) is 6. The normalized spacial score (nSPS) is 26.8. The van der Waals surface area contributed by atoms with E-state index < -0.39 is 0 Å². The summed E-state index contributed by atoms with van der Waals surface area (Å²) in [5.74, 6) is 0.554. The molecule has 0 saturated carbocycles. The van der Waals surface area contributed by atoms with E-state index in [1.165, 1.54) is 0 Å². The summed E-state index contributed by atoms with van der Waals surface area (Å²) >= 11 is 1.68. The smallest absolute Gasteiger partial charge is 0.0898 e. The van der Waals surface area contributed by atoms with Crippen molar-refractivity contribution in [1.29, 1.82) is 0 Å². The molecule has 4 rings (SSSR count). The van der Waals surface area contributed by atoms with Gasteiger partial charge in [0.15, 0.2) is 0 Å². The van der Waals surface area contributed by atoms with Crippen LogP contribution in [0.5, 0.6) is 0 Å². The summed E-state index contributed by atoms with van der Waals surface area (Å²) in [5, 5.41) is 3.17. The Kier molecular flexibility index (Phi) is 4.63. The SMILES string of the molecule is Cc1nc(COC[C@]23COC[C@H]2CN(Cc2ccccn2)C3)cs1. The molecule has 0 spiro atoms. The summed E-state index contributed by atoms with van der Waals surface area (Å²) in [6.45, 7) is 8.00. The van der Waals surface area contributed by atoms with E-state index in [-0.39, 0.29) is 5.41 Å². The zero-order valence-electron chi connectivity index (χ0n) is 14.0. The predicted octanol–water partition coefficient (Wildman–Crippen LogP) is 2.51. The zero-order chi connectivity index (χ0) is 16.4. The van der Waals surface area contributed by atoms with Gasteiger partial charge in [-0.05, 0) is 19.1 Å². The number of aromatic nitrogens is 2. The second-order valence-corrected chi connectivity index (χ2v) is 7.98. The van der Waals surface area contributed by atoms with E-state index in [1.54, 1.807) is 11.3 Å². The predicted molar refractivity (Wildman–Crippen MR) is 92.8 cm³/mol. The molecule has 0 aromatic carbocycles. The van der Waals surface area contributed by atoms with Crippen molar-refractivity contribution < 1.29 is 9.47 Å². The lowest BCUT2D eigenvalue weighted by atomic mass is 9.82. The molecule has 2 atom stereocenters. The topological polar surface area (TPSA) is 47.5 Å². The molecule has 0 radical (unpaired) electrons. The molecule has 4 heterocycles. The van der Waals surface area contributed by atoms with Gasteiger partial charge < -0.3 is 9.47 Å². The van der Waals surface area contributed by atoms with Gasteiger partial charge in [0.2, 0.25) is 0 Å². The molecule has 2 aromatic heterocycles. The van der Waals surface area contributed by atoms with Crippen molar-refractivity contribution in [3.8, 4) is 0 Å². The van der Waals surface area contributed by atoms with Crippen LogP contribution in [0.1, 0.15) is 16.4 Å². The minimum atomic E-state index is 0.125. The van der Waals surface area contributed by atoms with Gasteiger partial charge in [0, 0.05) is 42.5 Å². The molecule has 0 unspecified atom stereocenters. The van der Waals surface area contributed by atoms with E-state index in [1.807, 2.05) is 19.2 Å². The molecule has 2 aromatic rings. The van der Waals surface area contributed by atoms with Crippen LogP contribution < -0.4 is 0 Å². The Balaban J connectivity index is 1.35. The first-order chi connectivity index (χ1) is 11.7. The van der Waals surface area contributed by atoms with Crippen molar-refractivity contribution in [3.63, 3.8) is 0 Å². The number of fused-ring (bicyclic) bond motifs is 1. The number of thiazole rings is 1. The first-order valence-corrected chi connectivity index (χ1v) is 9.30. The Hall–Kier alpha value is -1.34. The van der Waals surface area contributed by atoms with Crippen LogP contribution >= 0.6 is 11.3 Å². The van der Waals surface area contributed by atoms with Gasteiger partial charge >= 0.3 is 0 Å². The number of rotatable bonds is 6. The minimum absolute atomic E-state index is 0.125. The van der Waals surface area contributed by atoms with Crippen molar-refractivity contribution in [3.05, 3.63) is 46.2 Å². The van der Waals surface area contributed by atoms with Gasteiger partial charge in [-0.3, -0.25) is 9.88 Å². The zero-order valence-corrected chi connectivity index (χ0v) is 14.8. The molecule has 2 aliphatic heterocycles. The van der Waals surface area contributed by atoms with Gasteiger partial charge in [0.25, 0.3) is 0 Å². The van der Waals surface area contributed by atoms with Gasteiger partial charge in [0.1, 0.15) is 0 Å². The highest BCUT2D eigenvalue weighted by Crippen LogP contribution is 2.42. The highest BCUT2D eigenvalue weighted by atomic mass is 32.1. The molecule has 2 aliphatic rings. The standard InChI is InChI=1S/C18H23N3O2S/c1-14-20-17(10-24-14)9-23-13-18-11-21(6-15(18)8-22-12-18)7-16-4-2-3-5-19-16/h2-5,10,15H,6-9,11-13H2,1H3/t15-,18+/m1/s1. The van der Waals surface area contributed by atoms with Crippen molar-refractivity contribution in [1.82, 2.24) is 14.9 Å². The second-order valence-electron chi connectivity index (χ2n) is 6.92. The summed E-state index contributed by atoms with van der Waals surface area (Å²) in [4.78, 5) is 11.4. The maximum absolute atomic E-state index is 6.04. The highest BCUT2D eigenvalue weighted by Gasteiger charge is 2.50. The van der Waals surface area contributed by atoms with E-state index >= 15 is 0 Å². The number of nitrogens with zero attached hydrogens (tertiary/aromatic N) is 3. The van der Waals surface area contributed by atoms with E-state index in [2.05, 4.69) is 32.4 Å². The Morgan fingerprint density at radius 1 is 1.42 bits per heavy atom. The first-order valence-electron chi connectivity index (χ1n) is 8.42. The maximum atomic E-state index is 6.04. The third-order valence-electron chi connectivity index (χ3n) is 5.01. The summed E-state index contributed by atoms with van der Waals surface area (Å²) in [6, 6.07) is 6.11. The monoisotopic (exact) mass is 345 g/mol. The molecule has 6 heteroatoms. The van der Waals surface area contributed by atoms with E-state index in [0.29, 0.717) is 12.5 Å². The molecule has 0 aliphatic carbocycles. The third kappa shape index (κ3) is 3.37. The minimum Gasteiger partial charge on any atom is -0.380 e. The molecular weight excluding hydrogens is 322 g/mol. The van der Waals surface area contributed by atoms with Gasteiger partial charge in [0.05, 0.1) is 42.8 Å². The van der Waals surface area contributed by atoms with Crippen molar-refractivity contribution in [2.24, 2.45) is 11.3 Å². The van der Waals surface area contributed by atoms with Crippen LogP contribution in [0.25, 0.3) is 0 Å². The molecule has 0 bridgehead atoms. The van der Waals surface area contributed by atoms with Crippen LogP contribution in [0.3, 0.4) is 0 Å². The number of likely N-dealkylation sites (tertiary alicyclic amines) is 1. The molecule has 2 fully saturated rings. The van der Waals surface area contributed by atoms with Crippen LogP contribution in [0.2, 0.25) is 0 Å². The van der Waals surface area contributed by atoms with Crippen LogP contribution in [-0.2, 0) is 22.6 Å². The van der Waals surface area contributed by atoms with Crippen molar-refractivity contribution in [2.75, 3.05) is 32.9 Å². The summed E-state index contributed by atoms with van der Waals surface area (Å²) in [5.41, 5.74) is 2.29. The van der Waals surface area contributed by atoms with Crippen LogP contribution in [0, 0.1) is 18.3 Å². The quantitative estimate of drug-likeness (QED) is 0.805. The van der Waals surface area contributed by atoms with Crippen LogP contribution in [-0.4, -0.2) is 47.8 Å². The largest absolute Gasteiger partial charge is 0.380 e. The number of hydrogen-bond donors (Lipinski definition) is 0. The Labute approximate surface area is 146 Å². The Bertz CT molecular complexity index is 678. The average Bonchev–Trinajstić information content (AvgIpc) is 3.23. The average molecular weight is 345 g/mol. The van der Waals surface area contributed by atoms with Gasteiger partial charge in [-0.1, -0.05) is 6.07 Å². The number of aryl methyl sites for hydroxylation is 1. The first kappa shape index (κ1) is 16.1. The van der Waals surface area contributed by atoms with Gasteiger partial charge in [-0.25, -0.2) is 4.98 Å². The lowest BCUT2D eigenvalue weighted by molar-refractivity contribution is 0.0172. The fourth-order valence-corrected chi connectivity index (χ4v) is 4.42. The van der Waals surface area contributed by atoms with Gasteiger partial charge in [-0.15, -0.1) is 11.3 Å². The molecular formula is C18H23N3O2S. The van der Waals surface area contributed by atoms with E-state index in [9.17, 15) is 0 Å².